The first kappa shape index (κ1) is 19.7. The number of amides is 1. The number of halogens is 3. The Morgan fingerprint density at radius 2 is 1.90 bits per heavy atom. The van der Waals surface area contributed by atoms with E-state index in [1.54, 1.807) is 12.1 Å². The number of anilines is 2. The highest BCUT2D eigenvalue weighted by Gasteiger charge is 2.32. The van der Waals surface area contributed by atoms with Crippen molar-refractivity contribution in [2.45, 2.75) is 12.8 Å². The second kappa shape index (κ2) is 7.70. The Labute approximate surface area is 165 Å². The van der Waals surface area contributed by atoms with Gasteiger partial charge in [-0.05, 0) is 41.4 Å². The van der Waals surface area contributed by atoms with Crippen molar-refractivity contribution in [3.8, 4) is 0 Å². The maximum absolute atomic E-state index is 13.2. The van der Waals surface area contributed by atoms with Crippen molar-refractivity contribution in [2.24, 2.45) is 0 Å². The van der Waals surface area contributed by atoms with E-state index in [0.29, 0.717) is 37.5 Å². The van der Waals surface area contributed by atoms with Crippen LogP contribution in [0.3, 0.4) is 0 Å². The van der Waals surface area contributed by atoms with E-state index < -0.39 is 24.8 Å². The Balaban J connectivity index is 1.65. The number of ether oxygens (including phenoxy) is 1. The Hall–Kier alpha value is -2.56. The van der Waals surface area contributed by atoms with Gasteiger partial charge in [0.05, 0.1) is 36.8 Å². The van der Waals surface area contributed by atoms with E-state index in [1.165, 1.54) is 12.1 Å². The van der Waals surface area contributed by atoms with Crippen molar-refractivity contribution in [3.63, 3.8) is 0 Å². The number of alkyl halides is 3. The third-order valence-corrected chi connectivity index (χ3v) is 4.99. The summed E-state index contributed by atoms with van der Waals surface area (Å²) in [5.74, 6) is -0.569. The first-order valence-electron chi connectivity index (χ1n) is 9.11. The molecule has 0 bridgehead atoms. The molecule has 0 spiro atoms. The zero-order chi connectivity index (χ0) is 20.6. The molecule has 2 aromatic rings. The van der Waals surface area contributed by atoms with Crippen LogP contribution in [-0.4, -0.2) is 44.4 Å². The molecule has 2 heterocycles. The minimum atomic E-state index is -4.53. The fourth-order valence-electron chi connectivity index (χ4n) is 3.44. The predicted octanol–water partition coefficient (Wildman–Crippen LogP) is 2.01. The van der Waals surface area contributed by atoms with Crippen LogP contribution in [0, 0.1) is 0 Å². The van der Waals surface area contributed by atoms with E-state index in [9.17, 15) is 23.0 Å². The van der Waals surface area contributed by atoms with E-state index in [-0.39, 0.29) is 17.9 Å². The number of rotatable bonds is 3. The highest BCUT2D eigenvalue weighted by Crippen LogP contribution is 2.36. The second-order valence-electron chi connectivity index (χ2n) is 6.86. The Morgan fingerprint density at radius 3 is 2.62 bits per heavy atom. The van der Waals surface area contributed by atoms with E-state index in [4.69, 9.17) is 9.39 Å². The van der Waals surface area contributed by atoms with Crippen molar-refractivity contribution in [3.05, 3.63) is 53.1 Å². The first-order chi connectivity index (χ1) is 13.8. The van der Waals surface area contributed by atoms with Gasteiger partial charge in [0.2, 0.25) is 0 Å². The molecule has 152 valence electrons. The van der Waals surface area contributed by atoms with Crippen LogP contribution in [0.4, 0.5) is 24.5 Å². The molecule has 0 aliphatic carbocycles. The molecule has 29 heavy (non-hydrogen) atoms. The van der Waals surface area contributed by atoms with Gasteiger partial charge < -0.3 is 24.6 Å². The standard InChI is InChI=1S/C19H18BF3N2O4/c21-19(22,23)14-3-4-17(25-5-7-28-8-6-25)16(10-14)24-18(26)12-1-2-13-11-29-20(27)15(13)9-12/h1-4,9-10,27H,5-8,11H2,(H,24,26). The van der Waals surface area contributed by atoms with Gasteiger partial charge in [-0.1, -0.05) is 6.07 Å². The number of benzene rings is 2. The first-order valence-corrected chi connectivity index (χ1v) is 9.11. The minimum absolute atomic E-state index is 0.0732. The van der Waals surface area contributed by atoms with Crippen LogP contribution in [0.25, 0.3) is 0 Å². The molecule has 1 amide bonds. The van der Waals surface area contributed by atoms with Crippen molar-refractivity contribution >= 4 is 29.9 Å². The molecule has 1 saturated heterocycles. The zero-order valence-electron chi connectivity index (χ0n) is 15.3. The molecular weight excluding hydrogens is 388 g/mol. The highest BCUT2D eigenvalue weighted by molar-refractivity contribution is 6.61. The third-order valence-electron chi connectivity index (χ3n) is 4.99. The molecule has 10 heteroatoms. The fourth-order valence-corrected chi connectivity index (χ4v) is 3.44. The summed E-state index contributed by atoms with van der Waals surface area (Å²) in [4.78, 5) is 14.6. The van der Waals surface area contributed by atoms with Gasteiger partial charge in [-0.15, -0.1) is 0 Å². The molecule has 0 aromatic heterocycles. The molecule has 0 unspecified atom stereocenters. The van der Waals surface area contributed by atoms with Gasteiger partial charge in [0.15, 0.2) is 0 Å². The third kappa shape index (κ3) is 4.09. The maximum Gasteiger partial charge on any atom is 0.491 e. The lowest BCUT2D eigenvalue weighted by molar-refractivity contribution is -0.137. The number of carbonyl (C=O) groups excluding carboxylic acids is 1. The van der Waals surface area contributed by atoms with Crippen LogP contribution in [0.15, 0.2) is 36.4 Å². The van der Waals surface area contributed by atoms with Gasteiger partial charge in [-0.3, -0.25) is 4.79 Å². The lowest BCUT2D eigenvalue weighted by Crippen LogP contribution is -2.37. The van der Waals surface area contributed by atoms with Gasteiger partial charge in [0.25, 0.3) is 5.91 Å². The van der Waals surface area contributed by atoms with Crippen molar-refractivity contribution < 1.29 is 32.4 Å². The average Bonchev–Trinajstić information content (AvgIpc) is 3.08. The number of hydrogen-bond acceptors (Lipinski definition) is 5. The van der Waals surface area contributed by atoms with Gasteiger partial charge in [0.1, 0.15) is 0 Å². The summed E-state index contributed by atoms with van der Waals surface area (Å²) in [5, 5.41) is 12.4. The summed E-state index contributed by atoms with van der Waals surface area (Å²) in [6.07, 6.45) is -4.53. The number of carbonyl (C=O) groups is 1. The quantitative estimate of drug-likeness (QED) is 0.764. The molecule has 2 aliphatic rings. The average molecular weight is 406 g/mol. The fraction of sp³-hybridized carbons (Fsp3) is 0.316. The monoisotopic (exact) mass is 406 g/mol. The van der Waals surface area contributed by atoms with E-state index in [0.717, 1.165) is 17.7 Å². The van der Waals surface area contributed by atoms with Crippen LogP contribution in [-0.2, 0) is 22.2 Å². The van der Waals surface area contributed by atoms with Gasteiger partial charge in [-0.2, -0.15) is 13.2 Å². The summed E-state index contributed by atoms with van der Waals surface area (Å²) in [5.41, 5.74) is 1.20. The number of nitrogens with one attached hydrogen (secondary N) is 1. The highest BCUT2D eigenvalue weighted by atomic mass is 19.4. The van der Waals surface area contributed by atoms with Crippen LogP contribution in [0.5, 0.6) is 0 Å². The molecule has 6 nitrogen and oxygen atoms in total. The Kier molecular flexibility index (Phi) is 5.24. The van der Waals surface area contributed by atoms with Crippen LogP contribution < -0.4 is 15.7 Å². The Bertz CT molecular complexity index is 932. The topological polar surface area (TPSA) is 71.0 Å². The lowest BCUT2D eigenvalue weighted by Gasteiger charge is -2.31. The van der Waals surface area contributed by atoms with Crippen molar-refractivity contribution in [1.29, 1.82) is 0 Å². The SMILES string of the molecule is O=C(Nc1cc(C(F)(F)F)ccc1N1CCOCC1)c1ccc2c(c1)B(O)OC2. The second-order valence-corrected chi connectivity index (χ2v) is 6.86. The summed E-state index contributed by atoms with van der Waals surface area (Å²) in [7, 11) is -1.12. The van der Waals surface area contributed by atoms with Gasteiger partial charge in [0, 0.05) is 18.7 Å². The smallest absolute Gasteiger partial charge is 0.423 e. The maximum atomic E-state index is 13.2. The van der Waals surface area contributed by atoms with E-state index >= 15 is 0 Å². The molecule has 2 aromatic carbocycles. The normalized spacial score (nSPS) is 16.7. The van der Waals surface area contributed by atoms with E-state index in [1.807, 2.05) is 4.90 Å². The minimum Gasteiger partial charge on any atom is -0.423 e. The summed E-state index contributed by atoms with van der Waals surface area (Å²) >= 11 is 0. The molecule has 2 N–H and O–H groups in total. The number of nitrogens with zero attached hydrogens (tertiary/aromatic N) is 1. The largest absolute Gasteiger partial charge is 0.491 e. The number of fused-ring (bicyclic) bond motifs is 1. The van der Waals surface area contributed by atoms with Crippen LogP contribution in [0.1, 0.15) is 21.5 Å². The van der Waals surface area contributed by atoms with Crippen molar-refractivity contribution in [1.82, 2.24) is 0 Å². The predicted molar refractivity (Wildman–Crippen MR) is 101 cm³/mol. The lowest BCUT2D eigenvalue weighted by atomic mass is 9.79. The summed E-state index contributed by atoms with van der Waals surface area (Å²) < 4.78 is 50.0. The molecule has 0 saturated carbocycles. The molecule has 0 atom stereocenters. The van der Waals surface area contributed by atoms with Crippen LogP contribution in [0.2, 0.25) is 0 Å². The summed E-state index contributed by atoms with van der Waals surface area (Å²) in [6, 6.07) is 8.01. The molecular formula is C19H18BF3N2O4. The van der Waals surface area contributed by atoms with Gasteiger partial charge in [-0.25, -0.2) is 0 Å². The zero-order valence-corrected chi connectivity index (χ0v) is 15.3. The molecule has 4 rings (SSSR count). The Morgan fingerprint density at radius 1 is 1.14 bits per heavy atom. The number of morpholine rings is 1. The molecule has 1 fully saturated rings. The van der Waals surface area contributed by atoms with Crippen LogP contribution >= 0.6 is 0 Å². The molecule has 2 aliphatic heterocycles. The van der Waals surface area contributed by atoms with E-state index in [2.05, 4.69) is 5.32 Å². The van der Waals surface area contributed by atoms with Crippen molar-refractivity contribution in [2.75, 3.05) is 36.5 Å². The number of hydrogen-bond donors (Lipinski definition) is 2. The summed E-state index contributed by atoms with van der Waals surface area (Å²) in [6.45, 7) is 2.18. The van der Waals surface area contributed by atoms with Gasteiger partial charge >= 0.3 is 13.3 Å². The molecule has 0 radical (unpaired) electrons.